The Morgan fingerprint density at radius 2 is 1.90 bits per heavy atom. The van der Waals surface area contributed by atoms with Gasteiger partial charge in [-0.1, -0.05) is 11.6 Å². The maximum atomic E-state index is 12.8. The van der Waals surface area contributed by atoms with Crippen LogP contribution in [0.4, 0.5) is 11.6 Å². The van der Waals surface area contributed by atoms with Crippen LogP contribution < -0.4 is 15.5 Å². The minimum Gasteiger partial charge on any atom is -0.356 e. The standard InChI is InChI=1S/C20H21ClN8O2/c1-28-18(15(21)10-14(11-30)26-16-2-6-22-12-24-16)19(31)27-20(28)4-8-29(9-5-20)17-3-7-23-13-25-17/h2-3,6-7,10-13H,4-5,8-9H2,1H3,(H,27,31)(H,22,24,26)/b14-10+,18-15+. The van der Waals surface area contributed by atoms with Gasteiger partial charge in [-0.05, 0) is 18.2 Å². The number of allylic oxidation sites excluding steroid dienone is 3. The lowest BCUT2D eigenvalue weighted by Gasteiger charge is -2.43. The molecule has 1 amide bonds. The van der Waals surface area contributed by atoms with Gasteiger partial charge in [0.1, 0.15) is 35.7 Å². The Kier molecular flexibility index (Phi) is 5.81. The zero-order valence-corrected chi connectivity index (χ0v) is 17.6. The van der Waals surface area contributed by atoms with Crippen molar-refractivity contribution < 1.29 is 9.59 Å². The molecule has 11 heteroatoms. The highest BCUT2D eigenvalue weighted by Gasteiger charge is 2.48. The number of piperidine rings is 1. The number of carbonyl (C=O) groups excluding carboxylic acids is 2. The summed E-state index contributed by atoms with van der Waals surface area (Å²) in [6.45, 7) is 1.44. The van der Waals surface area contributed by atoms with E-state index >= 15 is 0 Å². The van der Waals surface area contributed by atoms with Crippen LogP contribution in [-0.4, -0.2) is 62.8 Å². The fourth-order valence-corrected chi connectivity index (χ4v) is 4.17. The third kappa shape index (κ3) is 4.19. The van der Waals surface area contributed by atoms with E-state index in [1.807, 2.05) is 18.0 Å². The van der Waals surface area contributed by atoms with Crippen LogP contribution in [0.1, 0.15) is 12.8 Å². The Labute approximate surface area is 184 Å². The predicted molar refractivity (Wildman–Crippen MR) is 115 cm³/mol. The number of carbonyl (C=O) groups is 2. The molecule has 1 spiro atoms. The smallest absolute Gasteiger partial charge is 0.270 e. The zero-order chi connectivity index (χ0) is 21.8. The predicted octanol–water partition coefficient (Wildman–Crippen LogP) is 1.27. The van der Waals surface area contributed by atoms with E-state index in [9.17, 15) is 9.59 Å². The average molecular weight is 441 g/mol. The topological polar surface area (TPSA) is 116 Å². The summed E-state index contributed by atoms with van der Waals surface area (Å²) in [4.78, 5) is 44.4. The van der Waals surface area contributed by atoms with E-state index in [4.69, 9.17) is 11.6 Å². The molecule has 2 aromatic rings. The number of aldehydes is 1. The quantitative estimate of drug-likeness (QED) is 0.523. The molecule has 0 saturated carbocycles. The number of likely N-dealkylation sites (N-methyl/N-ethyl adjacent to an activating group) is 1. The molecule has 10 nitrogen and oxygen atoms in total. The first-order valence-electron chi connectivity index (χ1n) is 9.69. The molecule has 0 aromatic carbocycles. The van der Waals surface area contributed by atoms with Gasteiger partial charge in [0.15, 0.2) is 6.29 Å². The van der Waals surface area contributed by atoms with Crippen molar-refractivity contribution in [2.45, 2.75) is 18.5 Å². The Hall–Kier alpha value is -3.53. The second kappa shape index (κ2) is 8.68. The van der Waals surface area contributed by atoms with E-state index in [-0.39, 0.29) is 16.6 Å². The Bertz CT molecular complexity index is 1020. The van der Waals surface area contributed by atoms with Crippen LogP contribution in [0.5, 0.6) is 0 Å². The first-order valence-corrected chi connectivity index (χ1v) is 10.1. The fraction of sp³-hybridized carbons (Fsp3) is 0.300. The number of hydrogen-bond donors (Lipinski definition) is 2. The van der Waals surface area contributed by atoms with Crippen LogP contribution in [0.2, 0.25) is 0 Å². The summed E-state index contributed by atoms with van der Waals surface area (Å²) < 4.78 is 0. The number of amides is 1. The lowest BCUT2D eigenvalue weighted by Crippen LogP contribution is -2.57. The van der Waals surface area contributed by atoms with E-state index in [2.05, 4.69) is 35.5 Å². The van der Waals surface area contributed by atoms with Crippen LogP contribution in [-0.2, 0) is 9.59 Å². The first-order chi connectivity index (χ1) is 15.0. The number of nitrogens with one attached hydrogen (secondary N) is 2. The summed E-state index contributed by atoms with van der Waals surface area (Å²) in [5.41, 5.74) is -0.0383. The summed E-state index contributed by atoms with van der Waals surface area (Å²) >= 11 is 6.49. The van der Waals surface area contributed by atoms with Crippen molar-refractivity contribution in [1.82, 2.24) is 30.2 Å². The van der Waals surface area contributed by atoms with Crippen molar-refractivity contribution in [3.05, 3.63) is 59.7 Å². The van der Waals surface area contributed by atoms with Gasteiger partial charge in [-0.25, -0.2) is 19.9 Å². The van der Waals surface area contributed by atoms with E-state index < -0.39 is 5.66 Å². The number of hydrogen-bond acceptors (Lipinski definition) is 9. The van der Waals surface area contributed by atoms with Gasteiger partial charge in [0.25, 0.3) is 5.91 Å². The molecule has 0 radical (unpaired) electrons. The van der Waals surface area contributed by atoms with Gasteiger partial charge in [0, 0.05) is 45.4 Å². The number of anilines is 2. The summed E-state index contributed by atoms with van der Waals surface area (Å²) in [5.74, 6) is 1.03. The van der Waals surface area contributed by atoms with E-state index in [1.165, 1.54) is 18.7 Å². The van der Waals surface area contributed by atoms with Crippen LogP contribution in [0.3, 0.4) is 0 Å². The maximum absolute atomic E-state index is 12.8. The zero-order valence-electron chi connectivity index (χ0n) is 16.8. The summed E-state index contributed by atoms with van der Waals surface area (Å²) in [7, 11) is 1.84. The number of nitrogens with zero attached hydrogens (tertiary/aromatic N) is 6. The monoisotopic (exact) mass is 440 g/mol. The third-order valence-corrected chi connectivity index (χ3v) is 5.80. The SMILES string of the molecule is CN1/C(=C(Cl)\C=C(/C=O)Nc2ccncn2)C(=O)NC12CCN(c1ccncn1)CC2. The molecular formula is C20H21ClN8O2. The number of aromatic nitrogens is 4. The minimum absolute atomic E-state index is 0.166. The van der Waals surface area contributed by atoms with Crippen LogP contribution in [0.15, 0.2) is 59.7 Å². The van der Waals surface area contributed by atoms with Gasteiger partial charge in [-0.3, -0.25) is 9.59 Å². The molecule has 31 heavy (non-hydrogen) atoms. The van der Waals surface area contributed by atoms with Gasteiger partial charge in [-0.15, -0.1) is 0 Å². The molecule has 2 aromatic heterocycles. The van der Waals surface area contributed by atoms with E-state index in [1.54, 1.807) is 18.5 Å². The molecule has 4 rings (SSSR count). The van der Waals surface area contributed by atoms with E-state index in [0.29, 0.717) is 30.6 Å². The Morgan fingerprint density at radius 3 is 2.52 bits per heavy atom. The van der Waals surface area contributed by atoms with E-state index in [0.717, 1.165) is 18.9 Å². The van der Waals surface area contributed by atoms with Gasteiger partial charge in [0.2, 0.25) is 0 Å². The number of rotatable bonds is 5. The summed E-state index contributed by atoms with van der Waals surface area (Å²) in [5, 5.41) is 6.12. The highest BCUT2D eigenvalue weighted by molar-refractivity contribution is 6.33. The number of halogens is 1. The molecule has 0 aliphatic carbocycles. The average Bonchev–Trinajstić information content (AvgIpc) is 3.04. The van der Waals surface area contributed by atoms with Crippen LogP contribution in [0, 0.1) is 0 Å². The van der Waals surface area contributed by atoms with Gasteiger partial charge >= 0.3 is 0 Å². The van der Waals surface area contributed by atoms with Crippen LogP contribution >= 0.6 is 11.6 Å². The lowest BCUT2D eigenvalue weighted by molar-refractivity contribution is -0.117. The first kappa shape index (κ1) is 20.7. The molecule has 2 saturated heterocycles. The van der Waals surface area contributed by atoms with Crippen molar-refractivity contribution in [1.29, 1.82) is 0 Å². The third-order valence-electron chi connectivity index (χ3n) is 5.51. The largest absolute Gasteiger partial charge is 0.356 e. The molecule has 2 aliphatic rings. The molecule has 2 N–H and O–H groups in total. The molecule has 2 aliphatic heterocycles. The summed E-state index contributed by atoms with van der Waals surface area (Å²) in [6, 6.07) is 3.49. The van der Waals surface area contributed by atoms with Gasteiger partial charge in [-0.2, -0.15) is 0 Å². The Balaban J connectivity index is 1.52. The molecule has 2 fully saturated rings. The lowest BCUT2D eigenvalue weighted by atomic mass is 9.96. The van der Waals surface area contributed by atoms with Gasteiger partial charge < -0.3 is 20.4 Å². The highest BCUT2D eigenvalue weighted by atomic mass is 35.5. The molecule has 0 unspecified atom stereocenters. The second-order valence-corrected chi connectivity index (χ2v) is 7.64. The fourth-order valence-electron chi connectivity index (χ4n) is 3.84. The molecule has 0 bridgehead atoms. The highest BCUT2D eigenvalue weighted by Crippen LogP contribution is 2.36. The van der Waals surface area contributed by atoms with Crippen molar-refractivity contribution in [3.63, 3.8) is 0 Å². The van der Waals surface area contributed by atoms with Crippen molar-refractivity contribution in [3.8, 4) is 0 Å². The van der Waals surface area contributed by atoms with Crippen molar-refractivity contribution in [2.75, 3.05) is 30.4 Å². The second-order valence-electron chi connectivity index (χ2n) is 7.23. The molecule has 4 heterocycles. The normalized spacial score (nSPS) is 19.9. The van der Waals surface area contributed by atoms with Crippen molar-refractivity contribution >= 4 is 35.4 Å². The molecule has 160 valence electrons. The Morgan fingerprint density at radius 1 is 1.19 bits per heavy atom. The van der Waals surface area contributed by atoms with Crippen LogP contribution in [0.25, 0.3) is 0 Å². The summed E-state index contributed by atoms with van der Waals surface area (Å²) in [6.07, 6.45) is 9.57. The molecule has 0 atom stereocenters. The van der Waals surface area contributed by atoms with Crippen molar-refractivity contribution in [2.24, 2.45) is 0 Å². The minimum atomic E-state index is -0.536. The maximum Gasteiger partial charge on any atom is 0.270 e. The van der Waals surface area contributed by atoms with Gasteiger partial charge in [0.05, 0.1) is 10.7 Å². The molecular weight excluding hydrogens is 420 g/mol.